The highest BCUT2D eigenvalue weighted by Crippen LogP contribution is 2.25. The molecular weight excluding hydrogens is 350 g/mol. The number of anilines is 1. The van der Waals surface area contributed by atoms with E-state index in [0.29, 0.717) is 31.5 Å². The van der Waals surface area contributed by atoms with E-state index in [1.165, 1.54) is 17.6 Å². The summed E-state index contributed by atoms with van der Waals surface area (Å²) in [4.78, 5) is 48.3. The van der Waals surface area contributed by atoms with Crippen LogP contribution in [-0.4, -0.2) is 34.9 Å². The summed E-state index contributed by atoms with van der Waals surface area (Å²) in [5.41, 5.74) is 0.382. The maximum atomic E-state index is 12.7. The van der Waals surface area contributed by atoms with E-state index >= 15 is 0 Å². The number of hydrogen-bond donors (Lipinski definition) is 3. The number of nitrogens with one attached hydrogen (secondary N) is 3. The highest BCUT2D eigenvalue weighted by atomic mass is 16.2. The molecule has 0 bridgehead atoms. The fourth-order valence-electron chi connectivity index (χ4n) is 3.65. The summed E-state index contributed by atoms with van der Waals surface area (Å²) in [7, 11) is 0. The summed E-state index contributed by atoms with van der Waals surface area (Å²) in [6.07, 6.45) is 1.87. The second-order valence-electron chi connectivity index (χ2n) is 6.85. The molecule has 3 amide bonds. The number of nitrogens with zero attached hydrogens (tertiary/aromatic N) is 2. The Bertz CT molecular complexity index is 885. The number of amides is 3. The molecule has 0 saturated carbocycles. The predicted molar refractivity (Wildman–Crippen MR) is 95.6 cm³/mol. The van der Waals surface area contributed by atoms with Gasteiger partial charge in [-0.2, -0.15) is 5.26 Å². The molecule has 3 N–H and O–H groups in total. The zero-order valence-electron chi connectivity index (χ0n) is 14.9. The second-order valence-corrected chi connectivity index (χ2v) is 6.85. The van der Waals surface area contributed by atoms with Crippen molar-refractivity contribution in [3.8, 4) is 6.07 Å². The van der Waals surface area contributed by atoms with E-state index in [-0.39, 0.29) is 29.8 Å². The van der Waals surface area contributed by atoms with Crippen LogP contribution in [0.5, 0.6) is 0 Å². The van der Waals surface area contributed by atoms with Crippen LogP contribution in [0.15, 0.2) is 16.9 Å². The minimum Gasteiger partial charge on any atom is -0.356 e. The van der Waals surface area contributed by atoms with Gasteiger partial charge < -0.3 is 16.0 Å². The molecule has 3 atom stereocenters. The molecule has 27 heavy (non-hydrogen) atoms. The molecule has 142 valence electrons. The van der Waals surface area contributed by atoms with Crippen molar-refractivity contribution in [2.24, 2.45) is 5.92 Å². The van der Waals surface area contributed by atoms with Crippen LogP contribution in [0.3, 0.4) is 0 Å². The van der Waals surface area contributed by atoms with Crippen LogP contribution < -0.4 is 21.5 Å². The second kappa shape index (κ2) is 7.61. The maximum absolute atomic E-state index is 12.7. The maximum Gasteiger partial charge on any atom is 0.275 e. The third-order valence-electron chi connectivity index (χ3n) is 4.96. The number of carbonyl (C=O) groups is 3. The Labute approximate surface area is 155 Å². The van der Waals surface area contributed by atoms with Gasteiger partial charge in [-0.1, -0.05) is 0 Å². The lowest BCUT2D eigenvalue weighted by atomic mass is 9.99. The lowest BCUT2D eigenvalue weighted by molar-refractivity contribution is -0.126. The fourth-order valence-corrected chi connectivity index (χ4v) is 3.65. The molecule has 9 nitrogen and oxygen atoms in total. The third-order valence-corrected chi connectivity index (χ3v) is 4.96. The van der Waals surface area contributed by atoms with Crippen molar-refractivity contribution < 1.29 is 14.4 Å². The first-order chi connectivity index (χ1) is 12.9. The van der Waals surface area contributed by atoms with Crippen molar-refractivity contribution in [3.05, 3.63) is 28.2 Å². The number of nitriles is 1. The first-order valence-electron chi connectivity index (χ1n) is 8.90. The highest BCUT2D eigenvalue weighted by Gasteiger charge is 2.33. The highest BCUT2D eigenvalue weighted by molar-refractivity contribution is 5.88. The van der Waals surface area contributed by atoms with Gasteiger partial charge in [0.15, 0.2) is 0 Å². The molecule has 1 saturated heterocycles. The molecule has 0 aromatic carbocycles. The smallest absolute Gasteiger partial charge is 0.275 e. The number of rotatable bonds is 5. The normalized spacial score (nSPS) is 21.7. The third kappa shape index (κ3) is 3.84. The molecule has 1 aromatic rings. The lowest BCUT2D eigenvalue weighted by Gasteiger charge is -2.19. The molecule has 3 unspecified atom stereocenters. The monoisotopic (exact) mass is 371 g/mol. The first-order valence-corrected chi connectivity index (χ1v) is 8.90. The fraction of sp³-hybridized carbons (Fsp3) is 0.500. The molecule has 2 aliphatic rings. The van der Waals surface area contributed by atoms with Crippen molar-refractivity contribution in [3.63, 3.8) is 0 Å². The van der Waals surface area contributed by atoms with Crippen LogP contribution in [0.1, 0.15) is 37.9 Å². The average molecular weight is 371 g/mol. The Morgan fingerprint density at radius 2 is 2.15 bits per heavy atom. The minimum atomic E-state index is -0.801. The van der Waals surface area contributed by atoms with Gasteiger partial charge in [0.05, 0.1) is 6.07 Å². The Morgan fingerprint density at radius 3 is 2.78 bits per heavy atom. The molecule has 2 aliphatic heterocycles. The summed E-state index contributed by atoms with van der Waals surface area (Å²) >= 11 is 0. The summed E-state index contributed by atoms with van der Waals surface area (Å²) in [6.45, 7) is 1.88. The number of carbonyl (C=O) groups excluding carboxylic acids is 3. The Morgan fingerprint density at radius 1 is 1.37 bits per heavy atom. The molecular formula is C18H21N5O4. The minimum absolute atomic E-state index is 0.105. The number of pyridine rings is 1. The largest absolute Gasteiger partial charge is 0.356 e. The zero-order chi connectivity index (χ0) is 19.6. The molecule has 3 rings (SSSR count). The molecule has 0 radical (unpaired) electrons. The topological polar surface area (TPSA) is 133 Å². The van der Waals surface area contributed by atoms with E-state index in [1.54, 1.807) is 6.07 Å². The van der Waals surface area contributed by atoms with Gasteiger partial charge in [0.2, 0.25) is 17.7 Å². The van der Waals surface area contributed by atoms with Crippen molar-refractivity contribution in [2.75, 3.05) is 11.9 Å². The van der Waals surface area contributed by atoms with E-state index in [0.717, 1.165) is 0 Å². The van der Waals surface area contributed by atoms with E-state index in [4.69, 9.17) is 0 Å². The Hall–Kier alpha value is -3.15. The Kier molecular flexibility index (Phi) is 5.26. The van der Waals surface area contributed by atoms with Gasteiger partial charge in [-0.3, -0.25) is 23.7 Å². The van der Waals surface area contributed by atoms with Gasteiger partial charge >= 0.3 is 0 Å². The standard InChI is InChI=1S/C18H21N5O4/c1-10(24)21-14-4-2-13-3-5-15(23(13)18(14)27)17(26)22-12(9-19)8-11-6-7-20-16(11)25/h2,4,11-12,15H,3,5-8H2,1H3,(H,20,25)(H,21,24)(H,22,26). The van der Waals surface area contributed by atoms with Crippen molar-refractivity contribution in [1.29, 1.82) is 5.26 Å². The van der Waals surface area contributed by atoms with Gasteiger partial charge in [0.1, 0.15) is 17.8 Å². The first kappa shape index (κ1) is 18.6. The number of aryl methyl sites for hydroxylation is 1. The van der Waals surface area contributed by atoms with Crippen LogP contribution in [-0.2, 0) is 20.8 Å². The summed E-state index contributed by atoms with van der Waals surface area (Å²) in [5, 5.41) is 17.2. The predicted octanol–water partition coefficient (Wildman–Crippen LogP) is -0.171. The zero-order valence-corrected chi connectivity index (χ0v) is 14.9. The number of aromatic nitrogens is 1. The molecule has 3 heterocycles. The Balaban J connectivity index is 1.75. The SMILES string of the molecule is CC(=O)Nc1ccc2n(c1=O)C(C(=O)NC(C#N)CC1CCNC1=O)CC2. The average Bonchev–Trinajstić information content (AvgIpc) is 3.23. The van der Waals surface area contributed by atoms with E-state index in [1.807, 2.05) is 6.07 Å². The molecule has 1 fully saturated rings. The van der Waals surface area contributed by atoms with Crippen molar-refractivity contribution >= 4 is 23.4 Å². The van der Waals surface area contributed by atoms with Crippen LogP contribution in [0, 0.1) is 17.2 Å². The number of hydrogen-bond acceptors (Lipinski definition) is 5. The van der Waals surface area contributed by atoms with E-state index in [2.05, 4.69) is 16.0 Å². The van der Waals surface area contributed by atoms with Crippen LogP contribution in [0.25, 0.3) is 0 Å². The van der Waals surface area contributed by atoms with Gasteiger partial charge in [-0.05, 0) is 37.8 Å². The molecule has 0 aliphatic carbocycles. The van der Waals surface area contributed by atoms with Gasteiger partial charge in [-0.25, -0.2) is 0 Å². The van der Waals surface area contributed by atoms with E-state index < -0.39 is 23.6 Å². The van der Waals surface area contributed by atoms with Gasteiger partial charge in [-0.15, -0.1) is 0 Å². The van der Waals surface area contributed by atoms with Crippen LogP contribution in [0.2, 0.25) is 0 Å². The summed E-state index contributed by atoms with van der Waals surface area (Å²) in [6, 6.07) is 3.73. The van der Waals surface area contributed by atoms with Crippen molar-refractivity contribution in [2.45, 2.75) is 44.7 Å². The van der Waals surface area contributed by atoms with Gasteiger partial charge in [0.25, 0.3) is 5.56 Å². The summed E-state index contributed by atoms with van der Waals surface area (Å²) < 4.78 is 1.37. The van der Waals surface area contributed by atoms with Gasteiger partial charge in [0, 0.05) is 25.1 Å². The van der Waals surface area contributed by atoms with Crippen LogP contribution in [0.4, 0.5) is 5.69 Å². The molecule has 9 heteroatoms. The van der Waals surface area contributed by atoms with Crippen molar-refractivity contribution in [1.82, 2.24) is 15.2 Å². The number of fused-ring (bicyclic) bond motifs is 1. The quantitative estimate of drug-likeness (QED) is 0.661. The van der Waals surface area contributed by atoms with Crippen LogP contribution >= 0.6 is 0 Å². The van der Waals surface area contributed by atoms with E-state index in [9.17, 15) is 24.4 Å². The molecule has 1 aromatic heterocycles. The molecule has 0 spiro atoms. The lowest BCUT2D eigenvalue weighted by Crippen LogP contribution is -2.42. The summed E-state index contributed by atoms with van der Waals surface area (Å²) in [5.74, 6) is -1.20.